The molecule has 2 aromatic carbocycles. The highest BCUT2D eigenvalue weighted by Crippen LogP contribution is 2.33. The lowest BCUT2D eigenvalue weighted by atomic mass is 9.94. The number of hydrogen-bond acceptors (Lipinski definition) is 7. The Labute approximate surface area is 205 Å². The van der Waals surface area contributed by atoms with Crippen molar-refractivity contribution < 1.29 is 19.1 Å². The van der Waals surface area contributed by atoms with Gasteiger partial charge in [-0.15, -0.1) is 0 Å². The molecule has 34 heavy (non-hydrogen) atoms. The number of rotatable bonds is 7. The fraction of sp³-hybridized carbons (Fsp3) is 0.462. The Morgan fingerprint density at radius 2 is 2.00 bits per heavy atom. The largest absolute Gasteiger partial charge is 0.489 e. The third kappa shape index (κ3) is 5.96. The van der Waals surface area contributed by atoms with Gasteiger partial charge in [0.2, 0.25) is 5.82 Å². The van der Waals surface area contributed by atoms with Gasteiger partial charge in [-0.3, -0.25) is 4.90 Å². The van der Waals surface area contributed by atoms with Gasteiger partial charge in [-0.2, -0.15) is 4.98 Å². The van der Waals surface area contributed by atoms with E-state index >= 15 is 0 Å². The van der Waals surface area contributed by atoms with Crippen LogP contribution in [0.3, 0.4) is 0 Å². The molecule has 1 unspecified atom stereocenters. The van der Waals surface area contributed by atoms with Crippen LogP contribution in [0.15, 0.2) is 40.9 Å². The summed E-state index contributed by atoms with van der Waals surface area (Å²) in [6.45, 7) is 11.7. The van der Waals surface area contributed by atoms with Crippen molar-refractivity contribution in [1.82, 2.24) is 15.0 Å². The molecule has 3 aromatic rings. The van der Waals surface area contributed by atoms with Gasteiger partial charge in [0, 0.05) is 30.8 Å². The smallest absolute Gasteiger partial charge is 0.258 e. The SMILES string of the molecule is CC(C)Oc1ccc(-c2noc(-c3cccc4c3CCN(CC(O)OC(C)(C)C)C4)n2)cc1Cl. The highest BCUT2D eigenvalue weighted by molar-refractivity contribution is 6.32. The molecule has 0 amide bonds. The summed E-state index contributed by atoms with van der Waals surface area (Å²) in [5.41, 5.74) is 3.69. The van der Waals surface area contributed by atoms with Crippen molar-refractivity contribution in [3.63, 3.8) is 0 Å². The number of β-amino-alcohol motifs (C(OH)–C–C–N with tert-alkyl or cyclic N) is 1. The van der Waals surface area contributed by atoms with Crippen molar-refractivity contribution in [2.75, 3.05) is 13.1 Å². The maximum absolute atomic E-state index is 10.3. The molecule has 0 saturated carbocycles. The normalized spacial score (nSPS) is 15.4. The van der Waals surface area contributed by atoms with E-state index in [-0.39, 0.29) is 11.7 Å². The Morgan fingerprint density at radius 1 is 1.21 bits per heavy atom. The molecule has 0 bridgehead atoms. The second-order valence-electron chi connectivity index (χ2n) is 9.85. The molecular weight excluding hydrogens is 454 g/mol. The van der Waals surface area contributed by atoms with Crippen LogP contribution in [-0.4, -0.2) is 51.2 Å². The standard InChI is InChI=1S/C26H32ClN3O4/c1-16(2)32-22-10-9-17(13-21(22)27)24-28-25(34-29-24)20-8-6-7-18-14-30(12-11-19(18)20)15-23(31)33-26(3,4)5/h6-10,13,16,23,31H,11-12,14-15H2,1-5H3. The summed E-state index contributed by atoms with van der Waals surface area (Å²) in [5.74, 6) is 1.59. The second-order valence-corrected chi connectivity index (χ2v) is 10.3. The minimum atomic E-state index is -0.826. The van der Waals surface area contributed by atoms with Gasteiger partial charge >= 0.3 is 0 Å². The molecule has 1 atom stereocenters. The Hall–Kier alpha value is -2.45. The number of benzene rings is 2. The molecule has 0 fully saturated rings. The number of nitrogens with zero attached hydrogens (tertiary/aromatic N) is 3. The van der Waals surface area contributed by atoms with Crippen LogP contribution in [0.4, 0.5) is 0 Å². The Morgan fingerprint density at radius 3 is 2.71 bits per heavy atom. The molecular formula is C26H32ClN3O4. The maximum Gasteiger partial charge on any atom is 0.258 e. The summed E-state index contributed by atoms with van der Waals surface area (Å²) in [7, 11) is 0. The van der Waals surface area contributed by atoms with Crippen LogP contribution in [-0.2, 0) is 17.7 Å². The first-order valence-electron chi connectivity index (χ1n) is 11.6. The van der Waals surface area contributed by atoms with Crippen LogP contribution >= 0.6 is 11.6 Å². The third-order valence-corrected chi connectivity index (χ3v) is 5.75. The van der Waals surface area contributed by atoms with Crippen LogP contribution in [0.1, 0.15) is 45.7 Å². The zero-order chi connectivity index (χ0) is 24.5. The molecule has 1 N–H and O–H groups in total. The molecule has 0 spiro atoms. The Kier molecular flexibility index (Phi) is 7.28. The average molecular weight is 486 g/mol. The molecule has 1 aliphatic rings. The van der Waals surface area contributed by atoms with E-state index in [2.05, 4.69) is 21.1 Å². The van der Waals surface area contributed by atoms with Crippen molar-refractivity contribution in [2.45, 2.75) is 65.6 Å². The number of fused-ring (bicyclic) bond motifs is 1. The van der Waals surface area contributed by atoms with Crippen molar-refractivity contribution >= 4 is 11.6 Å². The minimum absolute atomic E-state index is 0.0367. The molecule has 4 rings (SSSR count). The zero-order valence-electron chi connectivity index (χ0n) is 20.3. The summed E-state index contributed by atoms with van der Waals surface area (Å²) >= 11 is 6.38. The number of halogens is 1. The van der Waals surface area contributed by atoms with Crippen LogP contribution in [0.25, 0.3) is 22.8 Å². The van der Waals surface area contributed by atoms with Crippen molar-refractivity contribution in [3.05, 3.63) is 52.5 Å². The van der Waals surface area contributed by atoms with Crippen LogP contribution in [0, 0.1) is 0 Å². The van der Waals surface area contributed by atoms with E-state index in [4.69, 9.17) is 25.6 Å². The van der Waals surface area contributed by atoms with E-state index in [1.807, 2.05) is 58.9 Å². The first-order chi connectivity index (χ1) is 16.1. The predicted octanol–water partition coefficient (Wildman–Crippen LogP) is 5.34. The number of hydrogen-bond donors (Lipinski definition) is 1. The third-order valence-electron chi connectivity index (χ3n) is 5.46. The number of ether oxygens (including phenoxy) is 2. The van der Waals surface area contributed by atoms with Crippen LogP contribution in [0.5, 0.6) is 5.75 Å². The van der Waals surface area contributed by atoms with Crippen molar-refractivity contribution in [1.29, 1.82) is 0 Å². The zero-order valence-corrected chi connectivity index (χ0v) is 21.1. The van der Waals surface area contributed by atoms with E-state index in [1.165, 1.54) is 11.1 Å². The van der Waals surface area contributed by atoms with Gasteiger partial charge in [-0.1, -0.05) is 28.9 Å². The lowest BCUT2D eigenvalue weighted by molar-refractivity contribution is -0.174. The first-order valence-corrected chi connectivity index (χ1v) is 12.0. The van der Waals surface area contributed by atoms with Gasteiger partial charge in [0.05, 0.1) is 16.7 Å². The van der Waals surface area contributed by atoms with Gasteiger partial charge in [0.1, 0.15) is 5.75 Å². The van der Waals surface area contributed by atoms with Crippen molar-refractivity contribution in [2.24, 2.45) is 0 Å². The fourth-order valence-electron chi connectivity index (χ4n) is 4.13. The highest BCUT2D eigenvalue weighted by Gasteiger charge is 2.25. The fourth-order valence-corrected chi connectivity index (χ4v) is 4.36. The van der Waals surface area contributed by atoms with Crippen LogP contribution in [0.2, 0.25) is 5.02 Å². The molecule has 0 aliphatic carbocycles. The van der Waals surface area contributed by atoms with Gasteiger partial charge in [-0.05, 0) is 76.4 Å². The number of aromatic nitrogens is 2. The molecule has 7 nitrogen and oxygen atoms in total. The van der Waals surface area contributed by atoms with E-state index < -0.39 is 6.29 Å². The minimum Gasteiger partial charge on any atom is -0.489 e. The van der Waals surface area contributed by atoms with E-state index in [0.29, 0.717) is 29.0 Å². The molecule has 182 valence electrons. The summed E-state index contributed by atoms with van der Waals surface area (Å²) in [6.07, 6.45) is 0.0281. The van der Waals surface area contributed by atoms with Crippen molar-refractivity contribution in [3.8, 4) is 28.6 Å². The molecule has 0 saturated heterocycles. The van der Waals surface area contributed by atoms with E-state index in [9.17, 15) is 5.11 Å². The van der Waals surface area contributed by atoms with E-state index in [0.717, 1.165) is 30.6 Å². The van der Waals surface area contributed by atoms with Gasteiger partial charge in [-0.25, -0.2) is 0 Å². The quantitative estimate of drug-likeness (QED) is 0.452. The topological polar surface area (TPSA) is 80.9 Å². The highest BCUT2D eigenvalue weighted by atomic mass is 35.5. The van der Waals surface area contributed by atoms with Gasteiger partial charge < -0.3 is 19.1 Å². The monoisotopic (exact) mass is 485 g/mol. The predicted molar refractivity (Wildman–Crippen MR) is 132 cm³/mol. The van der Waals surface area contributed by atoms with Gasteiger partial charge in [0.25, 0.3) is 5.89 Å². The molecule has 1 aliphatic heterocycles. The summed E-state index contributed by atoms with van der Waals surface area (Å²) in [6, 6.07) is 11.6. The molecule has 2 heterocycles. The van der Waals surface area contributed by atoms with E-state index in [1.54, 1.807) is 6.07 Å². The number of aliphatic hydroxyl groups excluding tert-OH is 1. The van der Waals surface area contributed by atoms with Crippen LogP contribution < -0.4 is 4.74 Å². The molecule has 8 heteroatoms. The van der Waals surface area contributed by atoms with Gasteiger partial charge in [0.15, 0.2) is 6.29 Å². The molecule has 1 aromatic heterocycles. The lowest BCUT2D eigenvalue weighted by Crippen LogP contribution is -2.40. The number of aliphatic hydroxyl groups is 1. The molecule has 0 radical (unpaired) electrons. The lowest BCUT2D eigenvalue weighted by Gasteiger charge is -2.33. The summed E-state index contributed by atoms with van der Waals surface area (Å²) in [5, 5.41) is 15.0. The second kappa shape index (κ2) is 10.0. The first kappa shape index (κ1) is 24.7. The summed E-state index contributed by atoms with van der Waals surface area (Å²) < 4.78 is 17.0. The maximum atomic E-state index is 10.3. The summed E-state index contributed by atoms with van der Waals surface area (Å²) in [4.78, 5) is 6.85. The average Bonchev–Trinajstić information content (AvgIpc) is 3.23. The Bertz CT molecular complexity index is 1140. The Balaban J connectivity index is 1.51.